The highest BCUT2D eigenvalue weighted by atomic mass is 16.8. The molecule has 0 amide bonds. The van der Waals surface area contributed by atoms with Gasteiger partial charge in [0.25, 0.3) is 0 Å². The summed E-state index contributed by atoms with van der Waals surface area (Å²) in [4.78, 5) is 13.8. The Labute approximate surface area is 512 Å². The smallest absolute Gasteiger partial charge is 0.338 e. The van der Waals surface area contributed by atoms with Crippen LogP contribution in [0.5, 0.6) is 0 Å². The first-order valence-electron chi connectivity index (χ1n) is 31.2. The Balaban J connectivity index is 0.730. The lowest BCUT2D eigenvalue weighted by Gasteiger charge is -2.69. The zero-order valence-corrected chi connectivity index (χ0v) is 51.5. The van der Waals surface area contributed by atoms with Gasteiger partial charge in [0.1, 0.15) is 96.7 Å². The van der Waals surface area contributed by atoms with Gasteiger partial charge in [-0.25, -0.2) is 4.79 Å². The molecule has 0 bridgehead atoms. The molecule has 5 saturated heterocycles. The number of esters is 1. The second-order valence-corrected chi connectivity index (χ2v) is 26.7. The van der Waals surface area contributed by atoms with Gasteiger partial charge in [-0.05, 0) is 108 Å². The predicted molar refractivity (Wildman–Crippen MR) is 299 cm³/mol. The van der Waals surface area contributed by atoms with Gasteiger partial charge in [-0.1, -0.05) is 32.0 Å². The van der Waals surface area contributed by atoms with Crippen LogP contribution < -0.4 is 0 Å². The van der Waals surface area contributed by atoms with Crippen LogP contribution in [0, 0.1) is 22.7 Å². The summed E-state index contributed by atoms with van der Waals surface area (Å²) in [5, 5.41) is 135. The second kappa shape index (κ2) is 26.8. The van der Waals surface area contributed by atoms with Crippen molar-refractivity contribution >= 4 is 5.97 Å². The molecule has 4 aliphatic carbocycles. The van der Waals surface area contributed by atoms with Crippen LogP contribution in [0.25, 0.3) is 0 Å². The van der Waals surface area contributed by atoms with Gasteiger partial charge in [0.2, 0.25) is 0 Å². The number of carbonyl (C=O) groups is 1. The van der Waals surface area contributed by atoms with Gasteiger partial charge in [-0.15, -0.1) is 0 Å². The largest absolute Gasteiger partial charge is 0.458 e. The monoisotopic (exact) mass is 1260 g/mol. The number of rotatable bonds is 18. The van der Waals surface area contributed by atoms with Crippen LogP contribution in [0.1, 0.15) is 116 Å². The Kier molecular flexibility index (Phi) is 20.9. The average molecular weight is 1260 g/mol. The first kappa shape index (κ1) is 68.5. The van der Waals surface area contributed by atoms with E-state index >= 15 is 0 Å². The third-order valence-electron chi connectivity index (χ3n) is 22.2. The van der Waals surface area contributed by atoms with Gasteiger partial charge >= 0.3 is 5.97 Å². The van der Waals surface area contributed by atoms with Crippen molar-refractivity contribution in [1.29, 1.82) is 0 Å². The first-order valence-corrected chi connectivity index (χ1v) is 31.2. The molecule has 27 heteroatoms. The highest BCUT2D eigenvalue weighted by molar-refractivity contribution is 5.89. The van der Waals surface area contributed by atoms with E-state index in [0.29, 0.717) is 37.7 Å². The number of aliphatic hydroxyl groups is 12. The molecule has 502 valence electrons. The summed E-state index contributed by atoms with van der Waals surface area (Å²) in [6, 6.07) is 8.52. The van der Waals surface area contributed by atoms with Crippen molar-refractivity contribution in [2.45, 2.75) is 282 Å². The van der Waals surface area contributed by atoms with Crippen LogP contribution in [0.15, 0.2) is 30.3 Å². The quantitative estimate of drug-likeness (QED) is 0.0606. The fourth-order valence-corrected chi connectivity index (χ4v) is 16.9. The van der Waals surface area contributed by atoms with Crippen molar-refractivity contribution in [1.82, 2.24) is 0 Å². The van der Waals surface area contributed by atoms with Gasteiger partial charge in [0.15, 0.2) is 31.5 Å². The fourth-order valence-electron chi connectivity index (χ4n) is 16.9. The molecule has 9 fully saturated rings. The summed E-state index contributed by atoms with van der Waals surface area (Å²) in [5.74, 6) is -1.10. The van der Waals surface area contributed by atoms with Crippen molar-refractivity contribution < 1.29 is 132 Å². The van der Waals surface area contributed by atoms with E-state index in [1.807, 2.05) is 6.92 Å². The normalized spacial score (nSPS) is 51.8. The minimum Gasteiger partial charge on any atom is -0.458 e. The summed E-state index contributed by atoms with van der Waals surface area (Å²) in [6.45, 7) is 8.98. The molecular weight excluding hydrogens is 1160 g/mol. The zero-order chi connectivity index (χ0) is 63.7. The molecule has 9 aliphatic rings. The molecule has 5 aliphatic heterocycles. The van der Waals surface area contributed by atoms with E-state index in [0.717, 1.165) is 0 Å². The van der Waals surface area contributed by atoms with E-state index < -0.39 is 206 Å². The van der Waals surface area contributed by atoms with Crippen molar-refractivity contribution in [3.8, 4) is 0 Å². The summed E-state index contributed by atoms with van der Waals surface area (Å²) < 4.78 is 86.2. The Hall–Kier alpha value is -2.31. The summed E-state index contributed by atoms with van der Waals surface area (Å²) in [6.07, 6.45) is -27.4. The number of fused-ring (bicyclic) bond motifs is 5. The van der Waals surface area contributed by atoms with Gasteiger partial charge in [-0.3, -0.25) is 0 Å². The molecule has 10 rings (SSSR count). The molecule has 1 aromatic carbocycles. The van der Waals surface area contributed by atoms with Gasteiger partial charge in [0.05, 0.1) is 72.5 Å². The number of hydrogen-bond donors (Lipinski definition) is 12. The van der Waals surface area contributed by atoms with E-state index in [9.17, 15) is 66.1 Å². The van der Waals surface area contributed by atoms with Crippen molar-refractivity contribution in [2.24, 2.45) is 22.7 Å². The molecule has 1 aromatic rings. The highest BCUT2D eigenvalue weighted by Gasteiger charge is 2.82. The van der Waals surface area contributed by atoms with Crippen LogP contribution >= 0.6 is 0 Å². The summed E-state index contributed by atoms with van der Waals surface area (Å²) in [7, 11) is 4.43. The minimum absolute atomic E-state index is 0.00589. The van der Waals surface area contributed by atoms with Crippen LogP contribution in [-0.4, -0.2) is 278 Å². The molecule has 27 nitrogen and oxygen atoms in total. The SMILES string of the molecule is COC1C(OC2O[C@@H](CO)C(OC3O[C@@H](CO)[C@H](O)[C@@H](O)[C@@H]3O)[C@@H](O)[C@@H]2O)[C@H](C)OC(OC2[C@H](C)O[C@H](O[C@H]3[C@H](C)O[C@H](O[C@@H]4CCC5(C)[C@H](CCC6(O)[C@H]5C[C@H](OC(=O)c5ccccc5)C5(C)C(O)([C@@H](C)O)CCC65O)C4)C[C@@H]3OC)C[C@@H]2OC)[C@H]1O. The minimum atomic E-state index is -1.90. The molecule has 5 heterocycles. The molecule has 12 N–H and O–H groups in total. The van der Waals surface area contributed by atoms with E-state index in [4.69, 9.17) is 66.3 Å². The summed E-state index contributed by atoms with van der Waals surface area (Å²) in [5.41, 5.74) is -7.25. The predicted octanol–water partition coefficient (Wildman–Crippen LogP) is -1.21. The Morgan fingerprint density at radius 1 is 0.580 bits per heavy atom. The molecule has 12 unspecified atom stereocenters. The van der Waals surface area contributed by atoms with Crippen molar-refractivity contribution in [3.63, 3.8) is 0 Å². The van der Waals surface area contributed by atoms with Crippen LogP contribution in [-0.2, 0) is 66.3 Å². The maximum absolute atomic E-state index is 13.8. The van der Waals surface area contributed by atoms with E-state index in [2.05, 4.69) is 6.92 Å². The number of ether oxygens (including phenoxy) is 14. The highest BCUT2D eigenvalue weighted by Crippen LogP contribution is 2.72. The third-order valence-corrected chi connectivity index (χ3v) is 22.2. The van der Waals surface area contributed by atoms with Gasteiger partial charge in [-0.2, -0.15) is 0 Å². The van der Waals surface area contributed by atoms with Crippen molar-refractivity contribution in [2.75, 3.05) is 34.5 Å². The van der Waals surface area contributed by atoms with Gasteiger partial charge in [0, 0.05) is 34.2 Å². The standard InChI is InChI=1S/C61H96O27/c1-27-48(34(75-7)22-40(78-27)81-33-16-17-57(5)32(21-33)15-18-60(73)38(57)24-39(84-53(71)31-13-11-10-12-14-31)58(6)59(72,30(4)64)19-20-61(58,60)74)85-41-23-35(76-8)49(28(2)79-41)86-56-47(70)52(77-9)50(29(3)80-56)87-55-46(69)44(67)51(37(26-63)83-55)88-54-45(68)43(66)42(65)36(25-62)82-54/h10-14,27-30,32-52,54-56,62-70,72-74H,15-26H2,1-9H3/t27-,28-,29-,30+,32+,33+,34-,35-,36-,37-,38-,39-,40+,41+,42-,43+,44-,45-,46-,47-,48-,49?,50?,51?,52?,54?,55?,56?,57?,58?,59?,60?,61?/m0/s1. The summed E-state index contributed by atoms with van der Waals surface area (Å²) >= 11 is 0. The van der Waals surface area contributed by atoms with Crippen LogP contribution in [0.2, 0.25) is 0 Å². The molecule has 88 heavy (non-hydrogen) atoms. The Morgan fingerprint density at radius 2 is 1.14 bits per heavy atom. The zero-order valence-electron chi connectivity index (χ0n) is 51.5. The molecule has 33 atom stereocenters. The lowest BCUT2D eigenvalue weighted by molar-refractivity contribution is -0.385. The topological polar surface area (TPSA) is 389 Å². The molecule has 4 saturated carbocycles. The third kappa shape index (κ3) is 11.9. The lowest BCUT2D eigenvalue weighted by atomic mass is 9.40. The number of methoxy groups -OCH3 is 3. The van der Waals surface area contributed by atoms with E-state index in [1.165, 1.54) is 21.1 Å². The lowest BCUT2D eigenvalue weighted by Crippen LogP contribution is -2.79. The molecule has 0 aromatic heterocycles. The van der Waals surface area contributed by atoms with Crippen molar-refractivity contribution in [3.05, 3.63) is 35.9 Å². The number of aliphatic hydroxyl groups excluding tert-OH is 9. The van der Waals surface area contributed by atoms with Gasteiger partial charge < -0.3 is 128 Å². The molecular formula is C61H96O27. The first-order chi connectivity index (χ1) is 41.7. The fraction of sp³-hybridized carbons (Fsp3) is 0.885. The number of hydrogen-bond acceptors (Lipinski definition) is 27. The van der Waals surface area contributed by atoms with E-state index in [1.54, 1.807) is 58.2 Å². The Morgan fingerprint density at radius 3 is 1.74 bits per heavy atom. The average Bonchev–Trinajstić information content (AvgIpc) is 1.35. The number of benzene rings is 1. The maximum atomic E-state index is 13.8. The second-order valence-electron chi connectivity index (χ2n) is 26.7. The van der Waals surface area contributed by atoms with Crippen LogP contribution in [0.3, 0.4) is 0 Å². The Bertz CT molecular complexity index is 2470. The number of carbonyl (C=O) groups excluding carboxylic acids is 1. The van der Waals surface area contributed by atoms with Crippen LogP contribution in [0.4, 0.5) is 0 Å². The molecule has 0 spiro atoms. The maximum Gasteiger partial charge on any atom is 0.338 e. The van der Waals surface area contributed by atoms with E-state index in [-0.39, 0.29) is 44.1 Å². The molecule has 0 radical (unpaired) electrons.